The Bertz CT molecular complexity index is 336. The number of guanidine groups is 1. The van der Waals surface area contributed by atoms with Crippen molar-refractivity contribution in [3.05, 3.63) is 0 Å². The van der Waals surface area contributed by atoms with E-state index in [-0.39, 0.29) is 0 Å². The molecule has 0 bridgehead atoms. The van der Waals surface area contributed by atoms with Gasteiger partial charge in [0.15, 0.2) is 5.96 Å². The van der Waals surface area contributed by atoms with Gasteiger partial charge in [0, 0.05) is 25.7 Å². The molecule has 134 valence electrons. The lowest BCUT2D eigenvalue weighted by atomic mass is 9.94. The van der Waals surface area contributed by atoms with Gasteiger partial charge in [0.05, 0.1) is 12.6 Å². The molecule has 1 aliphatic carbocycles. The fraction of sp³-hybridized carbons (Fsp3) is 0.944. The zero-order chi connectivity index (χ0) is 16.3. The van der Waals surface area contributed by atoms with Gasteiger partial charge in [0.25, 0.3) is 0 Å². The Morgan fingerprint density at radius 2 is 1.96 bits per heavy atom. The predicted octanol–water partition coefficient (Wildman–Crippen LogP) is 2.38. The normalized spacial score (nSPS) is 23.4. The van der Waals surface area contributed by atoms with Gasteiger partial charge in [-0.2, -0.15) is 0 Å². The topological polar surface area (TPSA) is 48.9 Å². The van der Waals surface area contributed by atoms with Gasteiger partial charge < -0.3 is 20.3 Å². The zero-order valence-electron chi connectivity index (χ0n) is 15.1. The highest BCUT2D eigenvalue weighted by molar-refractivity contribution is 5.79. The van der Waals surface area contributed by atoms with E-state index in [2.05, 4.69) is 34.5 Å². The van der Waals surface area contributed by atoms with Gasteiger partial charge in [0.2, 0.25) is 0 Å². The standard InChI is InChI=1S/C18H36N4O/c1-3-19-18(21-15-17-11-7-14-23-17)20-12-8-13-22(2)16-9-5-4-6-10-16/h16-17H,3-15H2,1-2H3,(H2,19,20,21). The van der Waals surface area contributed by atoms with Crippen molar-refractivity contribution in [2.75, 3.05) is 39.8 Å². The summed E-state index contributed by atoms with van der Waals surface area (Å²) in [5.74, 6) is 0.934. The Morgan fingerprint density at radius 3 is 2.65 bits per heavy atom. The molecule has 5 nitrogen and oxygen atoms in total. The predicted molar refractivity (Wildman–Crippen MR) is 97.1 cm³/mol. The van der Waals surface area contributed by atoms with E-state index in [0.29, 0.717) is 6.10 Å². The van der Waals surface area contributed by atoms with E-state index < -0.39 is 0 Å². The molecular weight excluding hydrogens is 288 g/mol. The second-order valence-electron chi connectivity index (χ2n) is 6.91. The van der Waals surface area contributed by atoms with Crippen LogP contribution in [0.15, 0.2) is 4.99 Å². The van der Waals surface area contributed by atoms with Crippen LogP contribution in [0.4, 0.5) is 0 Å². The number of hydrogen-bond donors (Lipinski definition) is 2. The van der Waals surface area contributed by atoms with Crippen molar-refractivity contribution < 1.29 is 4.74 Å². The number of ether oxygens (including phenoxy) is 1. The van der Waals surface area contributed by atoms with Crippen LogP contribution in [0.5, 0.6) is 0 Å². The van der Waals surface area contributed by atoms with Crippen LogP contribution in [-0.4, -0.2) is 62.8 Å². The smallest absolute Gasteiger partial charge is 0.191 e. The van der Waals surface area contributed by atoms with Crippen LogP contribution in [0.25, 0.3) is 0 Å². The molecule has 2 N–H and O–H groups in total. The molecule has 0 radical (unpaired) electrons. The molecule has 2 aliphatic rings. The van der Waals surface area contributed by atoms with Gasteiger partial charge in [0.1, 0.15) is 0 Å². The molecule has 0 aromatic rings. The molecule has 1 atom stereocenters. The third-order valence-corrected chi connectivity index (χ3v) is 5.00. The van der Waals surface area contributed by atoms with Gasteiger partial charge in [-0.1, -0.05) is 19.3 Å². The van der Waals surface area contributed by atoms with E-state index in [1.54, 1.807) is 0 Å². The van der Waals surface area contributed by atoms with E-state index in [1.807, 2.05) is 0 Å². The average Bonchev–Trinajstić information content (AvgIpc) is 3.10. The SMILES string of the molecule is CCNC(=NCC1CCCO1)NCCCN(C)C1CCCCC1. The largest absolute Gasteiger partial charge is 0.376 e. The average molecular weight is 325 g/mol. The summed E-state index contributed by atoms with van der Waals surface area (Å²) in [7, 11) is 2.28. The molecule has 5 heteroatoms. The number of aliphatic imine (C=N–C) groups is 1. The van der Waals surface area contributed by atoms with E-state index in [0.717, 1.165) is 51.1 Å². The summed E-state index contributed by atoms with van der Waals surface area (Å²) in [6.45, 7) is 6.84. The molecule has 1 unspecified atom stereocenters. The molecule has 2 rings (SSSR count). The maximum atomic E-state index is 5.64. The molecular formula is C18H36N4O. The molecule has 1 saturated heterocycles. The van der Waals surface area contributed by atoms with Crippen molar-refractivity contribution >= 4 is 5.96 Å². The number of hydrogen-bond acceptors (Lipinski definition) is 3. The monoisotopic (exact) mass is 324 g/mol. The van der Waals surface area contributed by atoms with Gasteiger partial charge >= 0.3 is 0 Å². The van der Waals surface area contributed by atoms with Crippen LogP contribution >= 0.6 is 0 Å². The maximum absolute atomic E-state index is 5.64. The lowest BCUT2D eigenvalue weighted by molar-refractivity contribution is 0.117. The molecule has 23 heavy (non-hydrogen) atoms. The van der Waals surface area contributed by atoms with Crippen LogP contribution < -0.4 is 10.6 Å². The van der Waals surface area contributed by atoms with Crippen LogP contribution in [0.3, 0.4) is 0 Å². The minimum Gasteiger partial charge on any atom is -0.376 e. The van der Waals surface area contributed by atoms with Crippen molar-refractivity contribution in [1.82, 2.24) is 15.5 Å². The molecule has 2 fully saturated rings. The highest BCUT2D eigenvalue weighted by Crippen LogP contribution is 2.21. The second-order valence-corrected chi connectivity index (χ2v) is 6.91. The van der Waals surface area contributed by atoms with Crippen LogP contribution in [0.2, 0.25) is 0 Å². The first-order valence-electron chi connectivity index (χ1n) is 9.63. The maximum Gasteiger partial charge on any atom is 0.191 e. The van der Waals surface area contributed by atoms with Crippen molar-refractivity contribution in [3.8, 4) is 0 Å². The first-order chi connectivity index (χ1) is 11.3. The van der Waals surface area contributed by atoms with Crippen LogP contribution in [0, 0.1) is 0 Å². The van der Waals surface area contributed by atoms with Crippen LogP contribution in [0.1, 0.15) is 58.3 Å². The first-order valence-corrected chi connectivity index (χ1v) is 9.63. The Morgan fingerprint density at radius 1 is 1.13 bits per heavy atom. The van der Waals surface area contributed by atoms with Gasteiger partial charge in [-0.25, -0.2) is 0 Å². The molecule has 1 aliphatic heterocycles. The summed E-state index contributed by atoms with van der Waals surface area (Å²) in [5, 5.41) is 6.79. The summed E-state index contributed by atoms with van der Waals surface area (Å²) >= 11 is 0. The van der Waals surface area contributed by atoms with Crippen molar-refractivity contribution in [2.24, 2.45) is 4.99 Å². The van der Waals surface area contributed by atoms with Crippen LogP contribution in [-0.2, 0) is 4.74 Å². The molecule has 1 heterocycles. The van der Waals surface area contributed by atoms with E-state index >= 15 is 0 Å². The van der Waals surface area contributed by atoms with Gasteiger partial charge in [-0.15, -0.1) is 0 Å². The van der Waals surface area contributed by atoms with Crippen molar-refractivity contribution in [3.63, 3.8) is 0 Å². The highest BCUT2D eigenvalue weighted by atomic mass is 16.5. The number of rotatable bonds is 8. The lowest BCUT2D eigenvalue weighted by Crippen LogP contribution is -2.40. The summed E-state index contributed by atoms with van der Waals surface area (Å²) < 4.78 is 5.64. The first kappa shape index (κ1) is 18.5. The lowest BCUT2D eigenvalue weighted by Gasteiger charge is -2.31. The molecule has 0 aromatic carbocycles. The molecule has 0 amide bonds. The third kappa shape index (κ3) is 7.08. The third-order valence-electron chi connectivity index (χ3n) is 5.00. The highest BCUT2D eigenvalue weighted by Gasteiger charge is 2.17. The Hall–Kier alpha value is -0.810. The number of nitrogens with zero attached hydrogens (tertiary/aromatic N) is 2. The quantitative estimate of drug-likeness (QED) is 0.409. The van der Waals surface area contributed by atoms with Gasteiger partial charge in [-0.3, -0.25) is 4.99 Å². The zero-order valence-corrected chi connectivity index (χ0v) is 15.1. The Labute approximate surface area is 142 Å². The van der Waals surface area contributed by atoms with Crippen molar-refractivity contribution in [1.29, 1.82) is 0 Å². The summed E-state index contributed by atoms with van der Waals surface area (Å²) in [6, 6.07) is 0.810. The Kier molecular flexibility index (Phi) is 8.76. The summed E-state index contributed by atoms with van der Waals surface area (Å²) in [4.78, 5) is 7.21. The fourth-order valence-corrected chi connectivity index (χ4v) is 3.56. The number of nitrogens with one attached hydrogen (secondary N) is 2. The summed E-state index contributed by atoms with van der Waals surface area (Å²) in [5.41, 5.74) is 0. The minimum atomic E-state index is 0.322. The summed E-state index contributed by atoms with van der Waals surface area (Å²) in [6.07, 6.45) is 10.8. The minimum absolute atomic E-state index is 0.322. The molecule has 0 aromatic heterocycles. The van der Waals surface area contributed by atoms with E-state index in [4.69, 9.17) is 4.74 Å². The fourth-order valence-electron chi connectivity index (χ4n) is 3.56. The van der Waals surface area contributed by atoms with E-state index in [1.165, 1.54) is 45.1 Å². The van der Waals surface area contributed by atoms with Gasteiger partial charge in [-0.05, 0) is 52.6 Å². The van der Waals surface area contributed by atoms with Crippen molar-refractivity contribution in [2.45, 2.75) is 70.4 Å². The molecule has 0 spiro atoms. The second kappa shape index (κ2) is 10.9. The Balaban J connectivity index is 1.61. The molecule has 1 saturated carbocycles. The van der Waals surface area contributed by atoms with E-state index in [9.17, 15) is 0 Å².